The summed E-state index contributed by atoms with van der Waals surface area (Å²) in [6.07, 6.45) is 12.6. The predicted octanol–water partition coefficient (Wildman–Crippen LogP) is 7.48. The second-order valence-corrected chi connectivity index (χ2v) is 34.7. The molecule has 2 aliphatic carbocycles. The number of hydrogen-bond acceptors (Lipinski definition) is 6. The number of fused-ring (bicyclic) bond motifs is 2. The van der Waals surface area contributed by atoms with Gasteiger partial charge in [-0.25, -0.2) is 0 Å². The third-order valence-electron chi connectivity index (χ3n) is 8.56. The van der Waals surface area contributed by atoms with Gasteiger partial charge in [-0.2, -0.15) is 0 Å². The van der Waals surface area contributed by atoms with E-state index in [1.165, 1.54) is 63.5 Å². The fourth-order valence-corrected chi connectivity index (χ4v) is 32.0. The Kier molecular flexibility index (Phi) is 9.37. The highest BCUT2D eigenvalue weighted by Crippen LogP contribution is 2.43. The second kappa shape index (κ2) is 11.3. The molecule has 4 rings (SSSR count). The van der Waals surface area contributed by atoms with Gasteiger partial charge in [0.25, 0.3) is 0 Å². The molecule has 2 heterocycles. The Hall–Kier alpha value is 0.844. The van der Waals surface area contributed by atoms with E-state index in [2.05, 4.69) is 65.5 Å². The van der Waals surface area contributed by atoms with Gasteiger partial charge in [-0.1, -0.05) is 12.8 Å². The van der Waals surface area contributed by atoms with Gasteiger partial charge < -0.3 is 25.9 Å². The minimum absolute atomic E-state index is 0.567. The number of epoxide rings is 2. The SMILES string of the molecule is C[Si](C)(CCC1CCC2OC2C1)O[Si](C)(C)O[Si](C)(C)O[Si](C)(C)O[Si](C)(C)CCC1CCC2OC2C1. The predicted molar refractivity (Wildman–Crippen MR) is 163 cm³/mol. The minimum atomic E-state index is -2.41. The van der Waals surface area contributed by atoms with Crippen LogP contribution in [0.25, 0.3) is 0 Å². The first-order chi connectivity index (χ1) is 16.9. The molecule has 0 N–H and O–H groups in total. The van der Waals surface area contributed by atoms with Crippen LogP contribution in [-0.4, -0.2) is 66.7 Å². The zero-order valence-corrected chi connectivity index (χ0v) is 30.5. The van der Waals surface area contributed by atoms with Gasteiger partial charge in [-0.05, 0) is 128 Å². The zero-order chi connectivity index (χ0) is 27.3. The number of ether oxygens (including phenoxy) is 2. The maximum atomic E-state index is 6.87. The summed E-state index contributed by atoms with van der Waals surface area (Å²) in [5.74, 6) is 1.63. The Labute approximate surface area is 232 Å². The lowest BCUT2D eigenvalue weighted by Crippen LogP contribution is -2.58. The standard InChI is InChI=1S/C26H56O6Si5/c1-33(2,17-15-21-11-13-23-25(19-21)27-23)29-35(5,6)31-37(9,10)32-36(7,8)30-34(3,4)18-16-22-12-14-24-26(20-22)28-24/h21-26H,11-20H2,1-10H3. The Morgan fingerprint density at radius 3 is 1.19 bits per heavy atom. The van der Waals surface area contributed by atoms with Crippen LogP contribution in [0.3, 0.4) is 0 Å². The molecular formula is C26H56O6Si5. The van der Waals surface area contributed by atoms with E-state index in [9.17, 15) is 0 Å². The van der Waals surface area contributed by atoms with Gasteiger partial charge in [0.1, 0.15) is 0 Å². The summed E-state index contributed by atoms with van der Waals surface area (Å²) in [5, 5.41) is 0. The summed E-state index contributed by atoms with van der Waals surface area (Å²) in [6.45, 7) is 22.7. The molecule has 0 aromatic heterocycles. The molecule has 4 fully saturated rings. The normalized spacial score (nSPS) is 32.6. The Morgan fingerprint density at radius 1 is 0.486 bits per heavy atom. The molecule has 4 aliphatic rings. The van der Waals surface area contributed by atoms with E-state index in [0.29, 0.717) is 24.4 Å². The van der Waals surface area contributed by atoms with Crippen molar-refractivity contribution >= 4 is 42.3 Å². The van der Waals surface area contributed by atoms with Gasteiger partial charge >= 0.3 is 25.7 Å². The summed E-state index contributed by atoms with van der Waals surface area (Å²) in [4.78, 5) is 0. The van der Waals surface area contributed by atoms with Crippen LogP contribution in [0.1, 0.15) is 51.4 Å². The van der Waals surface area contributed by atoms with Gasteiger partial charge in [-0.15, -0.1) is 0 Å². The number of hydrogen-bond donors (Lipinski definition) is 0. The van der Waals surface area contributed by atoms with Crippen molar-refractivity contribution in [2.75, 3.05) is 0 Å². The van der Waals surface area contributed by atoms with Crippen LogP contribution in [-0.2, 0) is 25.9 Å². The molecular weight excluding hydrogens is 549 g/mol. The molecule has 0 spiro atoms. The van der Waals surface area contributed by atoms with Crippen molar-refractivity contribution < 1.29 is 25.9 Å². The highest BCUT2D eigenvalue weighted by molar-refractivity contribution is 6.90. The van der Waals surface area contributed by atoms with Crippen molar-refractivity contribution in [2.45, 2.75) is 153 Å². The van der Waals surface area contributed by atoms with E-state index in [1.807, 2.05) is 0 Å². The first kappa shape index (κ1) is 30.8. The molecule has 6 unspecified atom stereocenters. The van der Waals surface area contributed by atoms with E-state index in [4.69, 9.17) is 25.9 Å². The van der Waals surface area contributed by atoms with Crippen LogP contribution in [0, 0.1) is 11.8 Å². The van der Waals surface area contributed by atoms with Crippen molar-refractivity contribution in [1.29, 1.82) is 0 Å². The molecule has 2 saturated carbocycles. The van der Waals surface area contributed by atoms with E-state index in [0.717, 1.165) is 11.8 Å². The third-order valence-corrected chi connectivity index (χ3v) is 27.8. The fourth-order valence-electron chi connectivity index (χ4n) is 7.28. The molecule has 0 bridgehead atoms. The molecule has 6 nitrogen and oxygen atoms in total. The van der Waals surface area contributed by atoms with Crippen molar-refractivity contribution in [3.8, 4) is 0 Å². The van der Waals surface area contributed by atoms with Crippen LogP contribution in [0.5, 0.6) is 0 Å². The van der Waals surface area contributed by atoms with Gasteiger partial charge in [0.2, 0.25) is 0 Å². The fraction of sp³-hybridized carbons (Fsp3) is 1.00. The summed E-state index contributed by atoms with van der Waals surface area (Å²) < 4.78 is 38.8. The molecule has 2 saturated heterocycles. The molecule has 11 heteroatoms. The molecule has 2 aliphatic heterocycles. The Balaban J connectivity index is 1.21. The van der Waals surface area contributed by atoms with E-state index >= 15 is 0 Å². The van der Waals surface area contributed by atoms with Crippen LogP contribution < -0.4 is 0 Å². The van der Waals surface area contributed by atoms with Crippen LogP contribution in [0.4, 0.5) is 0 Å². The summed E-state index contributed by atoms with van der Waals surface area (Å²) in [5.41, 5.74) is 0. The monoisotopic (exact) mass is 604 g/mol. The minimum Gasteiger partial charge on any atom is -0.436 e. The molecule has 0 aromatic carbocycles. The van der Waals surface area contributed by atoms with Crippen LogP contribution in [0.15, 0.2) is 0 Å². The lowest BCUT2D eigenvalue weighted by Gasteiger charge is -2.42. The Bertz CT molecular complexity index is 729. The summed E-state index contributed by atoms with van der Waals surface area (Å²) >= 11 is 0. The lowest BCUT2D eigenvalue weighted by molar-refractivity contribution is 0.295. The topological polar surface area (TPSA) is 62.0 Å². The smallest absolute Gasteiger partial charge is 0.314 e. The van der Waals surface area contributed by atoms with Gasteiger partial charge in [0.15, 0.2) is 16.6 Å². The van der Waals surface area contributed by atoms with Crippen LogP contribution >= 0.6 is 0 Å². The first-order valence-corrected chi connectivity index (χ1v) is 29.7. The molecule has 0 radical (unpaired) electrons. The average molecular weight is 605 g/mol. The maximum absolute atomic E-state index is 6.87. The van der Waals surface area contributed by atoms with Crippen molar-refractivity contribution in [3.63, 3.8) is 0 Å². The highest BCUT2D eigenvalue weighted by Gasteiger charge is 2.48. The molecule has 0 amide bonds. The van der Waals surface area contributed by atoms with Crippen molar-refractivity contribution in [2.24, 2.45) is 11.8 Å². The average Bonchev–Trinajstić information content (AvgIpc) is 3.60. The van der Waals surface area contributed by atoms with E-state index in [-0.39, 0.29) is 0 Å². The molecule has 0 aromatic rings. The maximum Gasteiger partial charge on any atom is 0.314 e. The quantitative estimate of drug-likeness (QED) is 0.151. The second-order valence-electron chi connectivity index (χ2n) is 15.0. The lowest BCUT2D eigenvalue weighted by atomic mass is 9.88. The van der Waals surface area contributed by atoms with Crippen LogP contribution in [0.2, 0.25) is 77.6 Å². The summed E-state index contributed by atoms with van der Waals surface area (Å²) in [6, 6.07) is 2.41. The Morgan fingerprint density at radius 2 is 0.838 bits per heavy atom. The summed E-state index contributed by atoms with van der Waals surface area (Å²) in [7, 11) is -10.7. The largest absolute Gasteiger partial charge is 0.436 e. The zero-order valence-electron chi connectivity index (χ0n) is 25.5. The first-order valence-electron chi connectivity index (χ1n) is 15.0. The van der Waals surface area contributed by atoms with Crippen molar-refractivity contribution in [3.05, 3.63) is 0 Å². The molecule has 6 atom stereocenters. The van der Waals surface area contributed by atoms with Gasteiger partial charge in [0, 0.05) is 0 Å². The molecule has 37 heavy (non-hydrogen) atoms. The number of rotatable bonds is 14. The third kappa shape index (κ3) is 10.0. The van der Waals surface area contributed by atoms with Crippen molar-refractivity contribution in [1.82, 2.24) is 0 Å². The van der Waals surface area contributed by atoms with Gasteiger partial charge in [0.05, 0.1) is 24.4 Å². The van der Waals surface area contributed by atoms with E-state index < -0.39 is 42.3 Å². The highest BCUT2D eigenvalue weighted by atomic mass is 28.5. The molecule has 216 valence electrons. The van der Waals surface area contributed by atoms with Gasteiger partial charge in [-0.3, -0.25) is 0 Å². The van der Waals surface area contributed by atoms with E-state index in [1.54, 1.807) is 0 Å².